The van der Waals surface area contributed by atoms with E-state index < -0.39 is 0 Å². The lowest BCUT2D eigenvalue weighted by Crippen LogP contribution is -2.11. The molecular weight excluding hydrogens is 799 g/mol. The van der Waals surface area contributed by atoms with Gasteiger partial charge in [-0.1, -0.05) is 200 Å². The van der Waals surface area contributed by atoms with Crippen molar-refractivity contribution < 1.29 is 4.42 Å². The largest absolute Gasteiger partial charge is 0.456 e. The van der Waals surface area contributed by atoms with E-state index in [9.17, 15) is 0 Å². The summed E-state index contributed by atoms with van der Waals surface area (Å²) in [7, 11) is 0. The molecule has 66 heavy (non-hydrogen) atoms. The Labute approximate surface area is 384 Å². The Hall–Kier alpha value is -8.72. The fraction of sp³-hybridized carbons (Fsp3) is 0. The molecule has 0 aliphatic rings. The third-order valence-electron chi connectivity index (χ3n) is 12.9. The maximum Gasteiger partial charge on any atom is 0.135 e. The molecule has 11 aromatic carbocycles. The molecule has 12 aromatic rings. The zero-order valence-electron chi connectivity index (χ0n) is 36.2. The van der Waals surface area contributed by atoms with Gasteiger partial charge in [-0.25, -0.2) is 0 Å². The molecule has 0 spiro atoms. The third-order valence-corrected chi connectivity index (χ3v) is 12.9. The second kappa shape index (κ2) is 16.8. The van der Waals surface area contributed by atoms with E-state index in [2.05, 4.69) is 254 Å². The molecule has 1 heterocycles. The molecule has 0 aliphatic heterocycles. The molecule has 12 rings (SSSR count). The molecule has 310 valence electrons. The van der Waals surface area contributed by atoms with Gasteiger partial charge in [-0.3, -0.25) is 0 Å². The molecule has 0 aliphatic carbocycles. The van der Waals surface area contributed by atoms with Crippen LogP contribution in [-0.2, 0) is 0 Å². The number of rotatable bonds is 9. The number of para-hydroxylation sites is 1. The van der Waals surface area contributed by atoms with Crippen LogP contribution in [0.1, 0.15) is 0 Å². The lowest BCUT2D eigenvalue weighted by atomic mass is 9.91. The molecule has 2 nitrogen and oxygen atoms in total. The van der Waals surface area contributed by atoms with Crippen LogP contribution in [0.25, 0.3) is 99.5 Å². The van der Waals surface area contributed by atoms with Crippen molar-refractivity contribution in [1.29, 1.82) is 0 Å². The van der Waals surface area contributed by atoms with E-state index in [1.807, 2.05) is 12.1 Å². The molecule has 0 fully saturated rings. The van der Waals surface area contributed by atoms with Crippen LogP contribution in [0.2, 0.25) is 0 Å². The van der Waals surface area contributed by atoms with Gasteiger partial charge in [-0.05, 0) is 133 Å². The van der Waals surface area contributed by atoms with Gasteiger partial charge in [-0.15, -0.1) is 0 Å². The Balaban J connectivity index is 1.03. The number of nitrogens with zero attached hydrogens (tertiary/aromatic N) is 1. The Bertz CT molecular complexity index is 3680. The van der Waals surface area contributed by atoms with Crippen LogP contribution in [-0.4, -0.2) is 0 Å². The van der Waals surface area contributed by atoms with Crippen LogP contribution in [0.3, 0.4) is 0 Å². The lowest BCUT2D eigenvalue weighted by Gasteiger charge is -2.29. The zero-order valence-corrected chi connectivity index (χ0v) is 36.2. The first-order valence-corrected chi connectivity index (χ1v) is 22.6. The highest BCUT2D eigenvalue weighted by molar-refractivity contribution is 6.06. The predicted molar refractivity (Wildman–Crippen MR) is 279 cm³/mol. The van der Waals surface area contributed by atoms with E-state index in [-0.39, 0.29) is 0 Å². The number of hydrogen-bond donors (Lipinski definition) is 0. The molecule has 0 bridgehead atoms. The molecule has 0 saturated carbocycles. The first-order chi connectivity index (χ1) is 32.7. The summed E-state index contributed by atoms with van der Waals surface area (Å²) in [6.07, 6.45) is 0. The minimum Gasteiger partial charge on any atom is -0.456 e. The molecule has 0 unspecified atom stereocenters. The van der Waals surface area contributed by atoms with E-state index in [0.29, 0.717) is 0 Å². The highest BCUT2D eigenvalue weighted by Crippen LogP contribution is 2.45. The predicted octanol–water partition coefficient (Wildman–Crippen LogP) is 18.2. The highest BCUT2D eigenvalue weighted by atomic mass is 16.3. The van der Waals surface area contributed by atoms with Gasteiger partial charge >= 0.3 is 0 Å². The van der Waals surface area contributed by atoms with Crippen molar-refractivity contribution in [1.82, 2.24) is 0 Å². The van der Waals surface area contributed by atoms with E-state index in [1.54, 1.807) is 0 Å². The van der Waals surface area contributed by atoms with Crippen molar-refractivity contribution in [2.75, 3.05) is 4.90 Å². The van der Waals surface area contributed by atoms with Crippen LogP contribution in [0.15, 0.2) is 265 Å². The standard InChI is InChI=1S/C64H43NO/c1-4-16-46(17-5-1)57-36-31-52(41-60(57)48-20-8-3-9-21-48)45-29-34-55(35-30-45)65(56-24-14-23-50(40-56)53-33-38-64-61(42-53)59-25-12-13-26-63(59)66-64)62-43-54(32-37-58(62)47-18-6-2-7-19-47)51-28-27-44-15-10-11-22-49(44)39-51/h1-43H. The molecule has 2 heteroatoms. The van der Waals surface area contributed by atoms with Gasteiger partial charge in [0.1, 0.15) is 11.2 Å². The summed E-state index contributed by atoms with van der Waals surface area (Å²) < 4.78 is 6.24. The maximum atomic E-state index is 6.24. The third kappa shape index (κ3) is 7.31. The van der Waals surface area contributed by atoms with Crippen molar-refractivity contribution in [3.8, 4) is 66.8 Å². The first-order valence-electron chi connectivity index (χ1n) is 22.6. The van der Waals surface area contributed by atoms with Crippen LogP contribution in [0, 0.1) is 0 Å². The van der Waals surface area contributed by atoms with Crippen LogP contribution < -0.4 is 4.90 Å². The van der Waals surface area contributed by atoms with E-state index in [4.69, 9.17) is 4.42 Å². The Morgan fingerprint density at radius 3 is 1.52 bits per heavy atom. The smallest absolute Gasteiger partial charge is 0.135 e. The maximum absolute atomic E-state index is 6.24. The number of furan rings is 1. The van der Waals surface area contributed by atoms with E-state index >= 15 is 0 Å². The average molecular weight is 842 g/mol. The van der Waals surface area contributed by atoms with Crippen molar-refractivity contribution in [3.63, 3.8) is 0 Å². The SMILES string of the molecule is c1ccc(-c2ccc(-c3ccc(N(c4cccc(-c5ccc6oc7ccccc7c6c5)c4)c4cc(-c5ccc6ccccc6c5)ccc4-c4ccccc4)cc3)cc2-c2ccccc2)cc1. The van der Waals surface area contributed by atoms with Crippen LogP contribution in [0.4, 0.5) is 17.1 Å². The Morgan fingerprint density at radius 2 is 0.758 bits per heavy atom. The van der Waals surface area contributed by atoms with Gasteiger partial charge in [0.25, 0.3) is 0 Å². The summed E-state index contributed by atoms with van der Waals surface area (Å²) in [6.45, 7) is 0. The van der Waals surface area contributed by atoms with Gasteiger partial charge in [0.15, 0.2) is 0 Å². The van der Waals surface area contributed by atoms with Gasteiger partial charge in [0, 0.05) is 27.7 Å². The normalized spacial score (nSPS) is 11.3. The monoisotopic (exact) mass is 841 g/mol. The minimum atomic E-state index is 0.890. The van der Waals surface area contributed by atoms with Gasteiger partial charge in [-0.2, -0.15) is 0 Å². The molecule has 0 saturated heterocycles. The molecule has 0 radical (unpaired) electrons. The average Bonchev–Trinajstić information content (AvgIpc) is 3.78. The summed E-state index contributed by atoms with van der Waals surface area (Å²) in [6, 6.07) is 94.1. The topological polar surface area (TPSA) is 16.4 Å². The van der Waals surface area contributed by atoms with Crippen molar-refractivity contribution in [2.24, 2.45) is 0 Å². The number of anilines is 3. The Morgan fingerprint density at radius 1 is 0.242 bits per heavy atom. The molecule has 0 N–H and O–H groups in total. The van der Waals surface area contributed by atoms with E-state index in [1.165, 1.54) is 44.2 Å². The van der Waals surface area contributed by atoms with E-state index in [0.717, 1.165) is 72.4 Å². The fourth-order valence-electron chi connectivity index (χ4n) is 9.54. The molecular formula is C64H43NO. The number of hydrogen-bond acceptors (Lipinski definition) is 2. The second-order valence-electron chi connectivity index (χ2n) is 16.9. The fourth-order valence-corrected chi connectivity index (χ4v) is 9.54. The molecule has 1 aromatic heterocycles. The minimum absolute atomic E-state index is 0.890. The van der Waals surface area contributed by atoms with Gasteiger partial charge < -0.3 is 9.32 Å². The number of benzene rings is 11. The summed E-state index contributed by atoms with van der Waals surface area (Å²) in [5.41, 5.74) is 19.0. The second-order valence-corrected chi connectivity index (χ2v) is 16.9. The van der Waals surface area contributed by atoms with Crippen LogP contribution in [0.5, 0.6) is 0 Å². The first kappa shape index (κ1) is 38.9. The van der Waals surface area contributed by atoms with Crippen molar-refractivity contribution >= 4 is 49.8 Å². The quantitative estimate of drug-likeness (QED) is 0.144. The summed E-state index contributed by atoms with van der Waals surface area (Å²) in [5, 5.41) is 4.69. The van der Waals surface area contributed by atoms with Gasteiger partial charge in [0.2, 0.25) is 0 Å². The summed E-state index contributed by atoms with van der Waals surface area (Å²) >= 11 is 0. The van der Waals surface area contributed by atoms with Crippen molar-refractivity contribution in [3.05, 3.63) is 261 Å². The van der Waals surface area contributed by atoms with Crippen LogP contribution >= 0.6 is 0 Å². The Kier molecular flexibility index (Phi) is 9.89. The van der Waals surface area contributed by atoms with Gasteiger partial charge in [0.05, 0.1) is 5.69 Å². The molecule has 0 amide bonds. The summed E-state index contributed by atoms with van der Waals surface area (Å²) in [5.74, 6) is 0. The highest BCUT2D eigenvalue weighted by Gasteiger charge is 2.20. The molecule has 0 atom stereocenters. The van der Waals surface area contributed by atoms with Crippen molar-refractivity contribution in [2.45, 2.75) is 0 Å². The number of fused-ring (bicyclic) bond motifs is 4. The summed E-state index contributed by atoms with van der Waals surface area (Å²) in [4.78, 5) is 2.43. The zero-order chi connectivity index (χ0) is 43.8. The lowest BCUT2D eigenvalue weighted by molar-refractivity contribution is 0.669.